The van der Waals surface area contributed by atoms with Gasteiger partial charge in [-0.25, -0.2) is 17.9 Å². The molecule has 3 aliphatic heterocycles. The number of allylic oxidation sites excluding steroid dienone is 2. The third-order valence-corrected chi connectivity index (χ3v) is 18.1. The second-order valence-electron chi connectivity index (χ2n) is 24.2. The monoisotopic (exact) mass is 1240 g/mol. The molecule has 3 heterocycles. The van der Waals surface area contributed by atoms with Crippen LogP contribution in [0.3, 0.4) is 0 Å². The number of Topliss-reactive ketones (excluding diaryl/α,β-unsaturated/α-hetero) is 1. The van der Waals surface area contributed by atoms with E-state index < -0.39 is 51.8 Å². The lowest BCUT2D eigenvalue weighted by Gasteiger charge is -2.39. The van der Waals surface area contributed by atoms with Crippen LogP contribution in [0.25, 0.3) is 11.1 Å². The van der Waals surface area contributed by atoms with Gasteiger partial charge in [0.05, 0.1) is 54.6 Å². The van der Waals surface area contributed by atoms with Crippen LogP contribution in [0, 0.1) is 5.92 Å². The highest BCUT2D eigenvalue weighted by molar-refractivity contribution is 7.90. The number of rotatable bonds is 30. The second kappa shape index (κ2) is 31.9. The number of ether oxygens (including phenoxy) is 5. The van der Waals surface area contributed by atoms with Gasteiger partial charge in [-0.1, -0.05) is 122 Å². The number of amides is 5. The number of alkyl carbamates (subject to hydrolysis) is 1. The third-order valence-electron chi connectivity index (χ3n) is 16.7. The SMILES string of the molecule is CC(/C=C/[C@H]1O[C@H](CC(=O)CCc2ccc(S(=O)(=O)NC(=O)CCc3ccccc3NC(=O)CNC(=O)CCCCCNC(=O)OCC3c4ccccc4-c4ccccc43)cc2)C[C@@]2(CO2)[C@@H]1O)=C\C[C@@H]1O[C@H](C)[C@H](NC(=O)/C=C\[C@H](C)OC(C)C)C[C@@H]1C. The van der Waals surface area contributed by atoms with Crippen LogP contribution < -0.4 is 26.0 Å². The summed E-state index contributed by atoms with van der Waals surface area (Å²) in [6.07, 6.45) is 10.6. The number of nitrogens with one attached hydrogen (secondary N) is 5. The van der Waals surface area contributed by atoms with Crippen molar-refractivity contribution in [3.05, 3.63) is 155 Å². The van der Waals surface area contributed by atoms with Gasteiger partial charge in [0.25, 0.3) is 10.0 Å². The Balaban J connectivity index is 0.691. The Kier molecular flexibility index (Phi) is 24.2. The molecular weight excluding hydrogens is 1150 g/mol. The fourth-order valence-corrected chi connectivity index (χ4v) is 12.8. The Bertz CT molecular complexity index is 3280. The zero-order valence-electron chi connectivity index (χ0n) is 51.9. The fourth-order valence-electron chi connectivity index (χ4n) is 11.8. The number of hydrogen-bond acceptors (Lipinski definition) is 14. The van der Waals surface area contributed by atoms with E-state index in [1.165, 1.54) is 18.2 Å². The number of ketones is 1. The normalized spacial score (nSPS) is 22.7. The summed E-state index contributed by atoms with van der Waals surface area (Å²) in [4.78, 5) is 76.9. The number of fused-ring (bicyclic) bond motifs is 3. The van der Waals surface area contributed by atoms with Gasteiger partial charge in [0.2, 0.25) is 23.6 Å². The number of epoxide rings is 1. The predicted molar refractivity (Wildman–Crippen MR) is 338 cm³/mol. The van der Waals surface area contributed by atoms with Crippen molar-refractivity contribution in [2.24, 2.45) is 5.92 Å². The molecular formula is C69H87N5O14S. The largest absolute Gasteiger partial charge is 0.449 e. The van der Waals surface area contributed by atoms with E-state index in [1.807, 2.05) is 71.0 Å². The molecule has 3 saturated heterocycles. The first kappa shape index (κ1) is 67.6. The van der Waals surface area contributed by atoms with E-state index >= 15 is 0 Å². The minimum absolute atomic E-state index is 0.0300. The van der Waals surface area contributed by atoms with Crippen molar-refractivity contribution in [1.82, 2.24) is 20.7 Å². The quantitative estimate of drug-likeness (QED) is 0.0123. The van der Waals surface area contributed by atoms with Gasteiger partial charge in [-0.3, -0.25) is 24.0 Å². The van der Waals surface area contributed by atoms with Crippen LogP contribution in [0.5, 0.6) is 0 Å². The average molecular weight is 1240 g/mol. The number of sulfonamides is 1. The summed E-state index contributed by atoms with van der Waals surface area (Å²) < 4.78 is 58.4. The summed E-state index contributed by atoms with van der Waals surface area (Å²) >= 11 is 0. The van der Waals surface area contributed by atoms with Crippen molar-refractivity contribution in [3.63, 3.8) is 0 Å². The number of carbonyl (C=O) groups excluding carboxylic acids is 6. The number of anilines is 1. The molecule has 1 spiro atoms. The number of aliphatic hydroxyl groups excluding tert-OH is 1. The van der Waals surface area contributed by atoms with Crippen molar-refractivity contribution >= 4 is 51.2 Å². The lowest BCUT2D eigenvalue weighted by atomic mass is 9.86. The molecule has 5 amide bonds. The minimum Gasteiger partial charge on any atom is -0.449 e. The molecule has 89 heavy (non-hydrogen) atoms. The number of para-hydroxylation sites is 1. The number of hydrogen-bond donors (Lipinski definition) is 6. The highest BCUT2D eigenvalue weighted by Crippen LogP contribution is 2.45. The molecule has 0 bridgehead atoms. The van der Waals surface area contributed by atoms with Gasteiger partial charge >= 0.3 is 6.09 Å². The van der Waals surface area contributed by atoms with E-state index in [9.17, 15) is 42.3 Å². The third kappa shape index (κ3) is 19.8. The van der Waals surface area contributed by atoms with Crippen molar-refractivity contribution < 1.29 is 66.0 Å². The summed E-state index contributed by atoms with van der Waals surface area (Å²) in [5.74, 6) is -1.60. The number of carbonyl (C=O) groups is 6. The zero-order chi connectivity index (χ0) is 63.7. The molecule has 8 rings (SSSR count). The zero-order valence-corrected chi connectivity index (χ0v) is 52.7. The van der Waals surface area contributed by atoms with Gasteiger partial charge in [0.1, 0.15) is 30.2 Å². The van der Waals surface area contributed by atoms with E-state index in [0.717, 1.165) is 39.8 Å². The van der Waals surface area contributed by atoms with E-state index in [-0.39, 0.29) is 110 Å². The molecule has 4 aromatic carbocycles. The van der Waals surface area contributed by atoms with Crippen molar-refractivity contribution in [1.29, 1.82) is 0 Å². The molecule has 20 heteroatoms. The Morgan fingerprint density at radius 1 is 0.787 bits per heavy atom. The summed E-state index contributed by atoms with van der Waals surface area (Å²) in [6.45, 7) is 12.6. The van der Waals surface area contributed by atoms with E-state index in [4.69, 9.17) is 23.7 Å². The Labute approximate surface area is 523 Å². The van der Waals surface area contributed by atoms with Crippen LogP contribution >= 0.6 is 0 Å². The van der Waals surface area contributed by atoms with Gasteiger partial charge in [-0.15, -0.1) is 0 Å². The van der Waals surface area contributed by atoms with E-state index in [0.29, 0.717) is 62.9 Å². The minimum atomic E-state index is -4.24. The fraction of sp³-hybridized carbons (Fsp3) is 0.478. The molecule has 6 N–H and O–H groups in total. The first-order valence-corrected chi connectivity index (χ1v) is 32.6. The van der Waals surface area contributed by atoms with Crippen LogP contribution in [0.4, 0.5) is 10.5 Å². The molecule has 9 atom stereocenters. The van der Waals surface area contributed by atoms with Crippen molar-refractivity contribution in [2.75, 3.05) is 31.6 Å². The van der Waals surface area contributed by atoms with Gasteiger partial charge in [0.15, 0.2) is 0 Å². The highest BCUT2D eigenvalue weighted by atomic mass is 32.2. The van der Waals surface area contributed by atoms with Gasteiger partial charge in [-0.2, -0.15) is 0 Å². The first-order valence-electron chi connectivity index (χ1n) is 31.2. The van der Waals surface area contributed by atoms with Crippen molar-refractivity contribution in [2.45, 2.75) is 184 Å². The maximum atomic E-state index is 13.4. The van der Waals surface area contributed by atoms with E-state index in [2.05, 4.69) is 63.3 Å². The van der Waals surface area contributed by atoms with Crippen LogP contribution in [0.1, 0.15) is 134 Å². The van der Waals surface area contributed by atoms with Crippen molar-refractivity contribution in [3.8, 4) is 11.1 Å². The van der Waals surface area contributed by atoms with E-state index in [1.54, 1.807) is 42.5 Å². The lowest BCUT2D eigenvalue weighted by molar-refractivity contribution is -0.144. The first-order chi connectivity index (χ1) is 42.6. The number of benzene rings is 4. The number of aryl methyl sites for hydroxylation is 2. The van der Waals surface area contributed by atoms with Crippen LogP contribution in [0.2, 0.25) is 0 Å². The molecule has 19 nitrogen and oxygen atoms in total. The molecule has 4 aliphatic rings. The molecule has 0 unspecified atom stereocenters. The van der Waals surface area contributed by atoms with Gasteiger partial charge in [-0.05, 0) is 131 Å². The second-order valence-corrected chi connectivity index (χ2v) is 25.9. The standard InChI is InChI=1S/C69H87N5O14S/c1-44(2)86-47(5)25-35-64(77)73-60-38-46(4)61(87-48(60)6)33-23-45(3)24-34-62-67(80)69(43-85-69)40-52(88-62)39-51(75)30-26-49-27-31-53(32-28-49)89(82,83)74-65(78)36-29-50-16-9-14-21-59(50)72-66(79)41-71-63(76)22-8-7-15-37-70-68(81)84-42-58-56-19-12-10-17-54(56)55-18-11-13-20-57(55)58/h9-14,16-21,23-25,27-28,31-32,34-35,44,46-48,52,58,60-62,67,80H,7-8,15,22,26,29-30,33,36-43H2,1-6H3,(H,70,81)(H,71,76)(H,72,79)(H,73,77)(H,74,78)/b34-24+,35-25-,45-23+/t46-,47-,48+,52+,60+,61-,62+,67+,69+/m0/s1. The van der Waals surface area contributed by atoms with Crippen LogP contribution in [-0.4, -0.2) is 130 Å². The van der Waals surface area contributed by atoms with Crippen LogP contribution in [-0.2, 0) is 70.5 Å². The Morgan fingerprint density at radius 3 is 2.19 bits per heavy atom. The Hall–Kier alpha value is -7.33. The van der Waals surface area contributed by atoms with Gasteiger partial charge in [0, 0.05) is 56.3 Å². The maximum absolute atomic E-state index is 13.4. The highest BCUT2D eigenvalue weighted by Gasteiger charge is 2.58. The maximum Gasteiger partial charge on any atom is 0.407 e. The summed E-state index contributed by atoms with van der Waals surface area (Å²) in [5, 5.41) is 22.5. The molecule has 1 aliphatic carbocycles. The predicted octanol–water partition coefficient (Wildman–Crippen LogP) is 9.02. The van der Waals surface area contributed by atoms with Crippen LogP contribution in [0.15, 0.2) is 138 Å². The molecule has 0 radical (unpaired) electrons. The average Bonchev–Trinajstić information content (AvgIpc) is 1.79. The number of unbranched alkanes of at least 4 members (excludes halogenated alkanes) is 2. The molecule has 478 valence electrons. The summed E-state index contributed by atoms with van der Waals surface area (Å²) in [7, 11) is -4.24. The topological polar surface area (TPSA) is 266 Å². The molecule has 0 saturated carbocycles. The summed E-state index contributed by atoms with van der Waals surface area (Å²) in [5.41, 5.74) is 6.50. The number of aliphatic hydroxyl groups is 1. The molecule has 3 fully saturated rings. The molecule has 0 aromatic heterocycles. The smallest absolute Gasteiger partial charge is 0.407 e. The lowest BCUT2D eigenvalue weighted by Crippen LogP contribution is -2.50. The Morgan fingerprint density at radius 2 is 1.48 bits per heavy atom. The summed E-state index contributed by atoms with van der Waals surface area (Å²) in [6, 6.07) is 28.9. The van der Waals surface area contributed by atoms with Gasteiger partial charge < -0.3 is 50.1 Å². The molecule has 4 aromatic rings.